The molecule has 0 saturated heterocycles. The van der Waals surface area contributed by atoms with Crippen LogP contribution in [0.1, 0.15) is 11.5 Å². The number of hydrogen-bond donors (Lipinski definition) is 1. The van der Waals surface area contributed by atoms with Crippen molar-refractivity contribution in [3.8, 4) is 5.75 Å². The summed E-state index contributed by atoms with van der Waals surface area (Å²) >= 11 is 14.8. The lowest BCUT2D eigenvalue weighted by Crippen LogP contribution is -2.03. The molecule has 18 heavy (non-hydrogen) atoms. The Bertz CT molecular complexity index is 521. The minimum absolute atomic E-state index is 0.177. The quantitative estimate of drug-likeness (QED) is 0.841. The fraction of sp³-hybridized carbons (Fsp3) is 0.364. The largest absolute Gasteiger partial charge is 0.495 e. The van der Waals surface area contributed by atoms with E-state index in [1.54, 1.807) is 0 Å². The minimum atomic E-state index is -1.41. The van der Waals surface area contributed by atoms with Gasteiger partial charge in [-0.3, -0.25) is 4.79 Å². The molecule has 7 heteroatoms. The van der Waals surface area contributed by atoms with E-state index < -0.39 is 28.0 Å². The zero-order valence-corrected chi connectivity index (χ0v) is 12.2. The molecule has 1 aromatic rings. The van der Waals surface area contributed by atoms with Gasteiger partial charge in [0.1, 0.15) is 15.9 Å². The molecule has 1 saturated carbocycles. The summed E-state index contributed by atoms with van der Waals surface area (Å²) in [5.41, 5.74) is 0.407. The molecule has 0 amide bonds. The van der Waals surface area contributed by atoms with Gasteiger partial charge < -0.3 is 9.84 Å². The molecule has 3 nitrogen and oxygen atoms in total. The molecule has 0 heterocycles. The number of rotatable bonds is 3. The molecular formula is C11H8BrCl2FO3. The van der Waals surface area contributed by atoms with Crippen molar-refractivity contribution < 1.29 is 19.0 Å². The predicted octanol–water partition coefficient (Wildman–Crippen LogP) is 3.57. The van der Waals surface area contributed by atoms with Crippen LogP contribution in [0.2, 0.25) is 0 Å². The predicted molar refractivity (Wildman–Crippen MR) is 69.0 cm³/mol. The van der Waals surface area contributed by atoms with Crippen molar-refractivity contribution in [2.75, 3.05) is 7.11 Å². The summed E-state index contributed by atoms with van der Waals surface area (Å²) in [6.45, 7) is 0. The maximum Gasteiger partial charge on any atom is 0.310 e. The third-order valence-corrected chi connectivity index (χ3v) is 4.63. The third kappa shape index (κ3) is 2.08. The topological polar surface area (TPSA) is 46.5 Å². The van der Waals surface area contributed by atoms with Crippen molar-refractivity contribution in [1.29, 1.82) is 0 Å². The normalized spacial score (nSPS) is 24.7. The number of hydrogen-bond acceptors (Lipinski definition) is 2. The molecule has 1 aliphatic carbocycles. The van der Waals surface area contributed by atoms with E-state index in [2.05, 4.69) is 15.9 Å². The highest BCUT2D eigenvalue weighted by Gasteiger charge is 2.68. The van der Waals surface area contributed by atoms with Crippen molar-refractivity contribution in [1.82, 2.24) is 0 Å². The van der Waals surface area contributed by atoms with E-state index in [9.17, 15) is 9.18 Å². The minimum Gasteiger partial charge on any atom is -0.495 e. The molecule has 0 radical (unpaired) electrons. The van der Waals surface area contributed by atoms with Crippen LogP contribution in [0, 0.1) is 11.7 Å². The summed E-state index contributed by atoms with van der Waals surface area (Å²) in [5, 5.41) is 8.97. The lowest BCUT2D eigenvalue weighted by Gasteiger charge is -2.08. The van der Waals surface area contributed by atoms with E-state index in [0.29, 0.717) is 5.56 Å². The molecule has 2 rings (SSSR count). The van der Waals surface area contributed by atoms with Crippen molar-refractivity contribution in [3.05, 3.63) is 28.0 Å². The number of carboxylic acid groups (broad SMARTS) is 1. The maximum absolute atomic E-state index is 13.6. The van der Waals surface area contributed by atoms with Gasteiger partial charge in [0.2, 0.25) is 0 Å². The monoisotopic (exact) mass is 356 g/mol. The molecule has 0 unspecified atom stereocenters. The van der Waals surface area contributed by atoms with Crippen LogP contribution in [0.15, 0.2) is 16.6 Å². The fourth-order valence-electron chi connectivity index (χ4n) is 1.96. The van der Waals surface area contributed by atoms with Crippen LogP contribution in [0.3, 0.4) is 0 Å². The standard InChI is InChI=1S/C11H8BrCl2FO3/c1-18-6-3-4(2-5(15)9(6)12)7-8(10(16)17)11(7,13)14/h2-3,7-8H,1H3,(H,16,17)/t7-,8+/m1/s1. The first-order valence-electron chi connectivity index (χ1n) is 4.94. The summed E-state index contributed by atoms with van der Waals surface area (Å²) in [7, 11) is 1.39. The van der Waals surface area contributed by atoms with Gasteiger partial charge in [0, 0.05) is 5.92 Å². The van der Waals surface area contributed by atoms with Crippen LogP contribution in [-0.2, 0) is 4.79 Å². The van der Waals surface area contributed by atoms with E-state index in [0.717, 1.165) is 0 Å². The number of halogens is 4. The van der Waals surface area contributed by atoms with E-state index in [4.69, 9.17) is 33.0 Å². The average Bonchev–Trinajstić information content (AvgIpc) is 2.85. The summed E-state index contributed by atoms with van der Waals surface area (Å²) in [6.07, 6.45) is 0. The molecule has 1 aromatic carbocycles. The van der Waals surface area contributed by atoms with Crippen molar-refractivity contribution in [2.24, 2.45) is 5.92 Å². The van der Waals surface area contributed by atoms with Gasteiger partial charge in [-0.05, 0) is 33.6 Å². The fourth-order valence-corrected chi connectivity index (χ4v) is 3.17. The number of carbonyl (C=O) groups is 1. The van der Waals surface area contributed by atoms with Crippen molar-refractivity contribution in [2.45, 2.75) is 10.3 Å². The van der Waals surface area contributed by atoms with E-state index in [1.165, 1.54) is 19.2 Å². The molecule has 1 N–H and O–H groups in total. The Kier molecular flexibility index (Phi) is 3.51. The Morgan fingerprint density at radius 2 is 2.17 bits per heavy atom. The second kappa shape index (κ2) is 4.54. The Hall–Kier alpha value is -0.520. The van der Waals surface area contributed by atoms with Gasteiger partial charge in [0.15, 0.2) is 0 Å². The molecule has 2 atom stereocenters. The van der Waals surface area contributed by atoms with Crippen LogP contribution in [0.5, 0.6) is 5.75 Å². The first kappa shape index (κ1) is 13.9. The van der Waals surface area contributed by atoms with Gasteiger partial charge in [-0.25, -0.2) is 4.39 Å². The van der Waals surface area contributed by atoms with Crippen LogP contribution < -0.4 is 4.74 Å². The van der Waals surface area contributed by atoms with Crippen molar-refractivity contribution in [3.63, 3.8) is 0 Å². The lowest BCUT2D eigenvalue weighted by atomic mass is 10.1. The SMILES string of the molecule is COc1cc([C@@H]2[C@@H](C(=O)O)C2(Cl)Cl)cc(F)c1Br. The van der Waals surface area contributed by atoms with Crippen LogP contribution in [-0.4, -0.2) is 22.5 Å². The molecule has 0 aromatic heterocycles. The number of benzene rings is 1. The Balaban J connectivity index is 2.42. The van der Waals surface area contributed by atoms with Gasteiger partial charge in [0.25, 0.3) is 0 Å². The lowest BCUT2D eigenvalue weighted by molar-refractivity contribution is -0.138. The summed E-state index contributed by atoms with van der Waals surface area (Å²) in [6, 6.07) is 2.74. The molecule has 0 bridgehead atoms. The van der Waals surface area contributed by atoms with Gasteiger partial charge >= 0.3 is 5.97 Å². The zero-order chi connectivity index (χ0) is 13.7. The van der Waals surface area contributed by atoms with Crippen LogP contribution >= 0.6 is 39.1 Å². The molecule has 98 valence electrons. The summed E-state index contributed by atoms with van der Waals surface area (Å²) < 4.78 is 17.4. The molecule has 1 fully saturated rings. The first-order chi connectivity index (χ1) is 8.30. The van der Waals surface area contributed by atoms with E-state index >= 15 is 0 Å². The van der Waals surface area contributed by atoms with E-state index in [-0.39, 0.29) is 10.2 Å². The Morgan fingerprint density at radius 3 is 2.61 bits per heavy atom. The second-order valence-electron chi connectivity index (χ2n) is 3.99. The van der Waals surface area contributed by atoms with E-state index in [1.807, 2.05) is 0 Å². The summed E-state index contributed by atoms with van der Waals surface area (Å²) in [5.74, 6) is -2.97. The highest BCUT2D eigenvalue weighted by Crippen LogP contribution is 2.65. The maximum atomic E-state index is 13.6. The smallest absolute Gasteiger partial charge is 0.310 e. The Morgan fingerprint density at radius 1 is 1.56 bits per heavy atom. The molecule has 0 aliphatic heterocycles. The van der Waals surface area contributed by atoms with Gasteiger partial charge in [-0.2, -0.15) is 0 Å². The number of ether oxygens (including phenoxy) is 1. The highest BCUT2D eigenvalue weighted by atomic mass is 79.9. The van der Waals surface area contributed by atoms with Gasteiger partial charge in [0.05, 0.1) is 17.5 Å². The number of carboxylic acids is 1. The third-order valence-electron chi connectivity index (χ3n) is 2.92. The number of alkyl halides is 2. The number of aliphatic carboxylic acids is 1. The summed E-state index contributed by atoms with van der Waals surface area (Å²) in [4.78, 5) is 11.0. The zero-order valence-electron chi connectivity index (χ0n) is 9.08. The van der Waals surface area contributed by atoms with Crippen molar-refractivity contribution >= 4 is 45.1 Å². The van der Waals surface area contributed by atoms with Gasteiger partial charge in [-0.15, -0.1) is 0 Å². The molecular weight excluding hydrogens is 350 g/mol. The average molecular weight is 358 g/mol. The second-order valence-corrected chi connectivity index (χ2v) is 6.22. The molecule has 1 aliphatic rings. The highest BCUT2D eigenvalue weighted by molar-refractivity contribution is 9.10. The van der Waals surface area contributed by atoms with Crippen LogP contribution in [0.25, 0.3) is 0 Å². The number of methoxy groups -OCH3 is 1. The first-order valence-corrected chi connectivity index (χ1v) is 6.49. The molecule has 0 spiro atoms. The van der Waals surface area contributed by atoms with Gasteiger partial charge in [-0.1, -0.05) is 23.2 Å². The van der Waals surface area contributed by atoms with Crippen LogP contribution in [0.4, 0.5) is 4.39 Å². The Labute approximate surface area is 121 Å².